The first-order valence-electron chi connectivity index (χ1n) is 8.02. The first-order chi connectivity index (χ1) is 10.3. The summed E-state index contributed by atoms with van der Waals surface area (Å²) in [6.45, 7) is 6.20. The zero-order valence-electron chi connectivity index (χ0n) is 14.3. The maximum absolute atomic E-state index is 11.2. The van der Waals surface area contributed by atoms with Gasteiger partial charge in [0.2, 0.25) is 0 Å². The van der Waals surface area contributed by atoms with Crippen molar-refractivity contribution >= 4 is 11.8 Å². The Bertz CT molecular complexity index is 423. The molecule has 0 aromatic rings. The quantitative estimate of drug-likeness (QED) is 0.578. The molecule has 1 saturated heterocycles. The number of thioether (sulfide) groups is 1. The normalized spacial score (nSPS) is 44.7. The molecular formula is C17H30O4S. The predicted octanol–water partition coefficient (Wildman–Crippen LogP) is 2.38. The monoisotopic (exact) mass is 330 g/mol. The van der Waals surface area contributed by atoms with Crippen LogP contribution in [0.5, 0.6) is 0 Å². The van der Waals surface area contributed by atoms with Crippen molar-refractivity contribution < 1.29 is 19.7 Å². The van der Waals surface area contributed by atoms with Crippen molar-refractivity contribution in [1.29, 1.82) is 0 Å². The molecule has 22 heavy (non-hydrogen) atoms. The van der Waals surface area contributed by atoms with Gasteiger partial charge in [-0.15, -0.1) is 0 Å². The molecule has 1 aliphatic heterocycles. The van der Waals surface area contributed by atoms with Crippen LogP contribution in [0.25, 0.3) is 0 Å². The molecule has 0 bridgehead atoms. The average Bonchev–Trinajstić information content (AvgIpc) is 3.10. The summed E-state index contributed by atoms with van der Waals surface area (Å²) in [5.74, 6) is 0.426. The third kappa shape index (κ3) is 3.39. The van der Waals surface area contributed by atoms with Gasteiger partial charge in [-0.05, 0) is 46.3 Å². The molecule has 0 radical (unpaired) electrons. The Morgan fingerprint density at radius 2 is 2.14 bits per heavy atom. The molecule has 128 valence electrons. The van der Waals surface area contributed by atoms with E-state index >= 15 is 0 Å². The second kappa shape index (κ2) is 6.81. The minimum Gasteiger partial charge on any atom is -0.390 e. The van der Waals surface area contributed by atoms with E-state index < -0.39 is 17.3 Å². The van der Waals surface area contributed by atoms with Crippen LogP contribution in [0.2, 0.25) is 0 Å². The summed E-state index contributed by atoms with van der Waals surface area (Å²) in [5.41, 5.74) is -0.0176. The molecule has 0 aromatic heterocycles. The minimum atomic E-state index is -0.853. The van der Waals surface area contributed by atoms with Gasteiger partial charge in [0.1, 0.15) is 5.60 Å². The molecule has 6 unspecified atom stereocenters. The van der Waals surface area contributed by atoms with Crippen LogP contribution in [0, 0.1) is 5.92 Å². The molecule has 2 aliphatic rings. The molecule has 4 nitrogen and oxygen atoms in total. The molecule has 2 N–H and O–H groups in total. The fraction of sp³-hybridized carbons (Fsp3) is 0.882. The Balaban J connectivity index is 2.24. The van der Waals surface area contributed by atoms with Crippen molar-refractivity contribution in [2.75, 3.05) is 19.1 Å². The van der Waals surface area contributed by atoms with Crippen LogP contribution < -0.4 is 0 Å². The molecule has 2 fully saturated rings. The summed E-state index contributed by atoms with van der Waals surface area (Å²) in [7, 11) is 1.61. The fourth-order valence-electron chi connectivity index (χ4n) is 3.98. The second-order valence-electron chi connectivity index (χ2n) is 7.13. The summed E-state index contributed by atoms with van der Waals surface area (Å²) in [6.07, 6.45) is 5.34. The fourth-order valence-corrected chi connectivity index (χ4v) is 4.80. The number of aliphatic hydroxyl groups is 2. The Morgan fingerprint density at radius 3 is 2.68 bits per heavy atom. The molecular weight excluding hydrogens is 300 g/mol. The van der Waals surface area contributed by atoms with Crippen LogP contribution in [-0.4, -0.2) is 58.8 Å². The van der Waals surface area contributed by atoms with E-state index in [0.717, 1.165) is 6.42 Å². The molecule has 2 rings (SSSR count). The molecule has 0 spiro atoms. The van der Waals surface area contributed by atoms with Crippen LogP contribution in [0.1, 0.15) is 40.0 Å². The van der Waals surface area contributed by atoms with E-state index in [1.807, 2.05) is 6.26 Å². The molecule has 1 aliphatic carbocycles. The first-order valence-corrected chi connectivity index (χ1v) is 9.41. The smallest absolute Gasteiger partial charge is 0.100 e. The zero-order chi connectivity index (χ0) is 16.5. The van der Waals surface area contributed by atoms with Crippen molar-refractivity contribution in [2.24, 2.45) is 5.92 Å². The highest BCUT2D eigenvalue weighted by Gasteiger charge is 2.66. The summed E-state index contributed by atoms with van der Waals surface area (Å²) >= 11 is 1.63. The van der Waals surface area contributed by atoms with Gasteiger partial charge < -0.3 is 19.7 Å². The van der Waals surface area contributed by atoms with Crippen molar-refractivity contribution in [2.45, 2.75) is 69.5 Å². The number of allylic oxidation sites excluding steroid dienone is 1. The van der Waals surface area contributed by atoms with Crippen molar-refractivity contribution in [3.05, 3.63) is 11.6 Å². The molecule has 5 heteroatoms. The van der Waals surface area contributed by atoms with Gasteiger partial charge in [-0.2, -0.15) is 11.8 Å². The number of epoxide rings is 1. The third-order valence-corrected chi connectivity index (χ3v) is 5.95. The lowest BCUT2D eigenvalue weighted by Gasteiger charge is -2.48. The maximum Gasteiger partial charge on any atom is 0.100 e. The van der Waals surface area contributed by atoms with Gasteiger partial charge in [-0.1, -0.05) is 11.6 Å². The predicted molar refractivity (Wildman–Crippen MR) is 90.2 cm³/mol. The van der Waals surface area contributed by atoms with E-state index in [-0.39, 0.29) is 18.1 Å². The molecule has 0 aromatic carbocycles. The highest BCUT2D eigenvalue weighted by molar-refractivity contribution is 7.98. The highest BCUT2D eigenvalue weighted by Crippen LogP contribution is 2.54. The number of rotatable bonds is 6. The number of hydrogen-bond acceptors (Lipinski definition) is 5. The van der Waals surface area contributed by atoms with E-state index in [4.69, 9.17) is 9.47 Å². The lowest BCUT2D eigenvalue weighted by Crippen LogP contribution is -2.60. The van der Waals surface area contributed by atoms with Crippen LogP contribution in [-0.2, 0) is 9.47 Å². The van der Waals surface area contributed by atoms with Crippen molar-refractivity contribution in [3.63, 3.8) is 0 Å². The lowest BCUT2D eigenvalue weighted by atomic mass is 9.66. The van der Waals surface area contributed by atoms with Crippen LogP contribution in [0.4, 0.5) is 0 Å². The van der Waals surface area contributed by atoms with Gasteiger partial charge in [-0.3, -0.25) is 0 Å². The van der Waals surface area contributed by atoms with E-state index in [1.165, 1.54) is 5.57 Å². The topological polar surface area (TPSA) is 62.2 Å². The van der Waals surface area contributed by atoms with E-state index in [9.17, 15) is 10.2 Å². The Labute approximate surface area is 138 Å². The Hall–Kier alpha value is -0.0700. The summed E-state index contributed by atoms with van der Waals surface area (Å²) < 4.78 is 11.6. The van der Waals surface area contributed by atoms with Gasteiger partial charge in [0.25, 0.3) is 0 Å². The Kier molecular flexibility index (Phi) is 5.66. The van der Waals surface area contributed by atoms with Crippen molar-refractivity contribution in [3.8, 4) is 0 Å². The van der Waals surface area contributed by atoms with Gasteiger partial charge in [-0.25, -0.2) is 0 Å². The van der Waals surface area contributed by atoms with Gasteiger partial charge >= 0.3 is 0 Å². The van der Waals surface area contributed by atoms with Gasteiger partial charge in [0.15, 0.2) is 0 Å². The lowest BCUT2D eigenvalue weighted by molar-refractivity contribution is -0.169. The second-order valence-corrected chi connectivity index (χ2v) is 7.99. The molecule has 1 heterocycles. The van der Waals surface area contributed by atoms with Gasteiger partial charge in [0.05, 0.1) is 23.9 Å². The zero-order valence-corrected chi connectivity index (χ0v) is 15.2. The van der Waals surface area contributed by atoms with Gasteiger partial charge in [0, 0.05) is 18.8 Å². The summed E-state index contributed by atoms with van der Waals surface area (Å²) in [6, 6.07) is 0. The SMILES string of the molecule is COC1C(O)CCC(O)(CSC)C1C1(C)OC1CC=C(C)C. The number of hydrogen-bond donors (Lipinski definition) is 2. The molecule has 6 atom stereocenters. The average molecular weight is 330 g/mol. The van der Waals surface area contributed by atoms with E-state index in [1.54, 1.807) is 18.9 Å². The third-order valence-electron chi connectivity index (χ3n) is 5.16. The van der Waals surface area contributed by atoms with E-state index in [0.29, 0.717) is 18.6 Å². The summed E-state index contributed by atoms with van der Waals surface area (Å²) in [5, 5.41) is 21.5. The van der Waals surface area contributed by atoms with Crippen LogP contribution in [0.15, 0.2) is 11.6 Å². The van der Waals surface area contributed by atoms with E-state index in [2.05, 4.69) is 26.8 Å². The molecule has 1 saturated carbocycles. The first kappa shape index (κ1) is 18.3. The number of methoxy groups -OCH3 is 1. The standard InChI is InChI=1S/C17H30O4S/c1-11(2)6-7-13-16(3,21-13)15-14(20-4)12(18)8-9-17(15,19)10-22-5/h6,12-15,18-19H,7-10H2,1-5H3. The van der Waals surface area contributed by atoms with Crippen LogP contribution in [0.3, 0.4) is 0 Å². The number of ether oxygens (including phenoxy) is 2. The minimum absolute atomic E-state index is 0.0868. The van der Waals surface area contributed by atoms with Crippen LogP contribution >= 0.6 is 11.8 Å². The summed E-state index contributed by atoms with van der Waals surface area (Å²) in [4.78, 5) is 0. The Morgan fingerprint density at radius 1 is 1.45 bits per heavy atom. The highest BCUT2D eigenvalue weighted by atomic mass is 32.2. The number of aliphatic hydroxyl groups excluding tert-OH is 1. The maximum atomic E-state index is 11.2. The van der Waals surface area contributed by atoms with Crippen molar-refractivity contribution in [1.82, 2.24) is 0 Å². The molecule has 0 amide bonds. The largest absolute Gasteiger partial charge is 0.390 e.